The van der Waals surface area contributed by atoms with E-state index in [-0.39, 0.29) is 24.2 Å². The Hall–Kier alpha value is -4.22. The molecular weight excluding hydrogens is 529 g/mol. The van der Waals surface area contributed by atoms with Crippen molar-refractivity contribution >= 4 is 22.8 Å². The summed E-state index contributed by atoms with van der Waals surface area (Å²) < 4.78 is 34.4. The summed E-state index contributed by atoms with van der Waals surface area (Å²) in [7, 11) is 0. The van der Waals surface area contributed by atoms with Crippen molar-refractivity contribution < 1.29 is 28.5 Å². The molecule has 0 radical (unpaired) electrons. The first-order valence-corrected chi connectivity index (χ1v) is 13.9. The van der Waals surface area contributed by atoms with E-state index in [9.17, 15) is 14.3 Å². The summed E-state index contributed by atoms with van der Waals surface area (Å²) >= 11 is 0. The molecule has 0 spiro atoms. The highest BCUT2D eigenvalue weighted by Gasteiger charge is 2.30. The van der Waals surface area contributed by atoms with Gasteiger partial charge in [-0.2, -0.15) is 0 Å². The van der Waals surface area contributed by atoms with Gasteiger partial charge in [0.15, 0.2) is 28.9 Å². The minimum absolute atomic E-state index is 0.00552. The third kappa shape index (κ3) is 4.95. The molecule has 1 N–H and O–H groups in total. The Morgan fingerprint density at radius 2 is 1.85 bits per heavy atom. The Bertz CT molecular complexity index is 1600. The number of imidazole rings is 1. The van der Waals surface area contributed by atoms with Crippen LogP contribution in [-0.2, 0) is 17.8 Å². The number of carboxylic acids is 1. The first-order chi connectivity index (χ1) is 20.0. The molecule has 212 valence electrons. The van der Waals surface area contributed by atoms with Gasteiger partial charge in [-0.15, -0.1) is 0 Å². The van der Waals surface area contributed by atoms with Crippen LogP contribution in [0.3, 0.4) is 0 Å². The number of carboxylic acid groups (broad SMARTS) is 1. The summed E-state index contributed by atoms with van der Waals surface area (Å²) in [5, 5.41) is 9.45. The zero-order chi connectivity index (χ0) is 27.9. The van der Waals surface area contributed by atoms with E-state index in [2.05, 4.69) is 14.8 Å². The molecule has 2 aromatic heterocycles. The van der Waals surface area contributed by atoms with Gasteiger partial charge in [0.2, 0.25) is 0 Å². The third-order valence-corrected chi connectivity index (χ3v) is 8.01. The third-order valence-electron chi connectivity index (χ3n) is 8.01. The van der Waals surface area contributed by atoms with Gasteiger partial charge in [0.05, 0.1) is 24.9 Å². The predicted molar refractivity (Wildman–Crippen MR) is 148 cm³/mol. The minimum Gasteiger partial charge on any atom is -0.483 e. The molecule has 0 amide bonds. The number of benzene rings is 2. The second kappa shape index (κ2) is 10.6. The van der Waals surface area contributed by atoms with E-state index in [0.29, 0.717) is 41.3 Å². The fourth-order valence-electron chi connectivity index (χ4n) is 5.69. The highest BCUT2D eigenvalue weighted by molar-refractivity contribution is 5.88. The summed E-state index contributed by atoms with van der Waals surface area (Å²) in [5.41, 5.74) is 2.72. The largest absolute Gasteiger partial charge is 0.483 e. The van der Waals surface area contributed by atoms with Crippen LogP contribution in [0.1, 0.15) is 34.4 Å². The van der Waals surface area contributed by atoms with Crippen molar-refractivity contribution in [1.82, 2.24) is 19.4 Å². The lowest BCUT2D eigenvalue weighted by Crippen LogP contribution is -2.46. The number of hydrogen-bond acceptors (Lipinski definition) is 8. The van der Waals surface area contributed by atoms with E-state index in [1.54, 1.807) is 24.3 Å². The van der Waals surface area contributed by atoms with E-state index in [0.717, 1.165) is 50.7 Å². The van der Waals surface area contributed by atoms with Gasteiger partial charge in [-0.05, 0) is 36.8 Å². The number of pyridine rings is 1. The number of piperazine rings is 1. The van der Waals surface area contributed by atoms with Gasteiger partial charge in [-0.1, -0.05) is 24.3 Å². The first kappa shape index (κ1) is 25.7. The van der Waals surface area contributed by atoms with E-state index in [4.69, 9.17) is 19.2 Å². The molecule has 3 aliphatic rings. The fraction of sp³-hybridized carbons (Fsp3) is 0.367. The lowest BCUT2D eigenvalue weighted by molar-refractivity contribution is -0.0592. The van der Waals surface area contributed by atoms with Crippen LogP contribution in [0.5, 0.6) is 11.5 Å². The molecule has 11 heteroatoms. The maximum absolute atomic E-state index is 14.3. The number of nitrogens with zero attached hydrogens (tertiary/aromatic N) is 5. The lowest BCUT2D eigenvalue weighted by Gasteiger charge is -2.38. The van der Waals surface area contributed by atoms with Crippen molar-refractivity contribution in [3.05, 3.63) is 77.5 Å². The van der Waals surface area contributed by atoms with Crippen LogP contribution in [0.15, 0.2) is 54.6 Å². The van der Waals surface area contributed by atoms with Gasteiger partial charge in [-0.25, -0.2) is 19.2 Å². The van der Waals surface area contributed by atoms with Crippen molar-refractivity contribution in [1.29, 1.82) is 0 Å². The van der Waals surface area contributed by atoms with Crippen LogP contribution < -0.4 is 14.4 Å². The second-order valence-corrected chi connectivity index (χ2v) is 10.6. The molecule has 0 aliphatic carbocycles. The highest BCUT2D eigenvalue weighted by atomic mass is 19.1. The average Bonchev–Trinajstić information content (AvgIpc) is 3.30. The Morgan fingerprint density at radius 1 is 1.02 bits per heavy atom. The molecule has 4 aromatic rings. The fourth-order valence-corrected chi connectivity index (χ4v) is 5.69. The molecule has 3 aliphatic heterocycles. The summed E-state index contributed by atoms with van der Waals surface area (Å²) in [6.45, 7) is 5.37. The van der Waals surface area contributed by atoms with Crippen molar-refractivity contribution in [3.63, 3.8) is 0 Å². The number of para-hydroxylation sites is 1. The number of aromatic nitrogens is 3. The molecule has 7 rings (SSSR count). The van der Waals surface area contributed by atoms with Gasteiger partial charge in [0, 0.05) is 38.3 Å². The van der Waals surface area contributed by atoms with E-state index >= 15 is 0 Å². The van der Waals surface area contributed by atoms with E-state index in [1.165, 1.54) is 12.1 Å². The number of hydrogen-bond donors (Lipinski definition) is 1. The molecule has 0 bridgehead atoms. The Labute approximate surface area is 235 Å². The Kier molecular flexibility index (Phi) is 6.68. The molecule has 41 heavy (non-hydrogen) atoms. The molecule has 2 atom stereocenters. The molecule has 2 aromatic carbocycles. The standard InChI is InChI=1S/C30H30FN5O5/c31-21-5-2-1-4-20(21)26-18-40-28-24(6-3-7-25(28)41-26)35-13-11-34(12-14-35)17-27-32-22-8-9-23(30(37)38)33-29(22)36(27)16-19-10-15-39-19/h1-9,19,26H,10-18H2,(H,37,38)/t19-,26?/m0/s1. The monoisotopic (exact) mass is 559 g/mol. The smallest absolute Gasteiger partial charge is 0.354 e. The number of anilines is 1. The minimum atomic E-state index is -1.06. The summed E-state index contributed by atoms with van der Waals surface area (Å²) in [6, 6.07) is 15.7. The van der Waals surface area contributed by atoms with Gasteiger partial charge in [0.1, 0.15) is 23.8 Å². The molecule has 5 heterocycles. The second-order valence-electron chi connectivity index (χ2n) is 10.6. The van der Waals surface area contributed by atoms with Gasteiger partial charge in [-0.3, -0.25) is 4.90 Å². The van der Waals surface area contributed by atoms with Gasteiger partial charge in [0.25, 0.3) is 0 Å². The molecule has 10 nitrogen and oxygen atoms in total. The van der Waals surface area contributed by atoms with Crippen molar-refractivity contribution in [2.24, 2.45) is 0 Å². The lowest BCUT2D eigenvalue weighted by atomic mass is 10.1. The molecule has 2 saturated heterocycles. The normalized spacial score (nSPS) is 20.7. The van der Waals surface area contributed by atoms with Crippen LogP contribution in [0, 0.1) is 5.82 Å². The number of rotatable bonds is 7. The van der Waals surface area contributed by atoms with Crippen molar-refractivity contribution in [3.8, 4) is 11.5 Å². The van der Waals surface area contributed by atoms with Crippen LogP contribution in [0.25, 0.3) is 11.2 Å². The number of aromatic carboxylic acids is 1. The van der Waals surface area contributed by atoms with Crippen LogP contribution >= 0.6 is 0 Å². The topological polar surface area (TPSA) is 102 Å². The zero-order valence-corrected chi connectivity index (χ0v) is 22.4. The number of halogens is 1. The van der Waals surface area contributed by atoms with Crippen molar-refractivity contribution in [2.45, 2.75) is 31.7 Å². The molecule has 0 saturated carbocycles. The van der Waals surface area contributed by atoms with E-state index < -0.39 is 12.1 Å². The Morgan fingerprint density at radius 3 is 2.61 bits per heavy atom. The first-order valence-electron chi connectivity index (χ1n) is 13.9. The predicted octanol–water partition coefficient (Wildman–Crippen LogP) is 3.89. The molecule has 2 fully saturated rings. The number of fused-ring (bicyclic) bond motifs is 2. The van der Waals surface area contributed by atoms with Crippen molar-refractivity contribution in [2.75, 3.05) is 44.3 Å². The molecular formula is C30H30FN5O5. The Balaban J connectivity index is 1.06. The summed E-state index contributed by atoms with van der Waals surface area (Å²) in [4.78, 5) is 25.4. The van der Waals surface area contributed by atoms with Gasteiger partial charge >= 0.3 is 5.97 Å². The SMILES string of the molecule is O=C(O)c1ccc2nc(CN3CCN(c4cccc5c4OCC(c4ccccc4F)O5)CC3)n(C[C@@H]3CCO3)c2n1. The maximum Gasteiger partial charge on any atom is 0.354 e. The van der Waals surface area contributed by atoms with Crippen LogP contribution in [0.2, 0.25) is 0 Å². The highest BCUT2D eigenvalue weighted by Crippen LogP contribution is 2.43. The quantitative estimate of drug-likeness (QED) is 0.361. The van der Waals surface area contributed by atoms with Crippen LogP contribution in [0.4, 0.5) is 10.1 Å². The van der Waals surface area contributed by atoms with Gasteiger partial charge < -0.3 is 28.8 Å². The summed E-state index contributed by atoms with van der Waals surface area (Å²) in [6.07, 6.45) is 0.550. The summed E-state index contributed by atoms with van der Waals surface area (Å²) in [5.74, 6) is 0.800. The zero-order valence-electron chi connectivity index (χ0n) is 22.4. The van der Waals surface area contributed by atoms with E-state index in [1.807, 2.05) is 22.8 Å². The molecule has 1 unspecified atom stereocenters. The average molecular weight is 560 g/mol. The number of carbonyl (C=O) groups is 1. The maximum atomic E-state index is 14.3. The number of ether oxygens (including phenoxy) is 3. The van der Waals surface area contributed by atoms with Crippen LogP contribution in [-0.4, -0.2) is 76.0 Å².